The molecule has 3 aromatic rings. The van der Waals surface area contributed by atoms with E-state index in [1.807, 2.05) is 36.4 Å². The van der Waals surface area contributed by atoms with Crippen LogP contribution in [0.15, 0.2) is 48.5 Å². The molecule has 0 fully saturated rings. The van der Waals surface area contributed by atoms with Crippen molar-refractivity contribution in [3.05, 3.63) is 81.2 Å². The summed E-state index contributed by atoms with van der Waals surface area (Å²) in [7, 11) is 0. The van der Waals surface area contributed by atoms with Gasteiger partial charge in [0.15, 0.2) is 0 Å². The highest BCUT2D eigenvalue weighted by Crippen LogP contribution is 2.25. The summed E-state index contributed by atoms with van der Waals surface area (Å²) in [5.74, 6) is 0.388. The molecule has 0 bridgehead atoms. The number of aromatic nitrogens is 2. The first kappa shape index (κ1) is 24.9. The van der Waals surface area contributed by atoms with Crippen LogP contribution in [-0.2, 0) is 6.54 Å². The topological polar surface area (TPSA) is 103 Å². The smallest absolute Gasteiger partial charge is 0.312 e. The maximum absolute atomic E-state index is 12.8. The minimum Gasteiger partial charge on any atom is -0.490 e. The molecule has 34 heavy (non-hydrogen) atoms. The molecule has 0 radical (unpaired) electrons. The van der Waals surface area contributed by atoms with Crippen LogP contribution in [0.3, 0.4) is 0 Å². The molecule has 1 aromatic heterocycles. The zero-order valence-corrected chi connectivity index (χ0v) is 20.1. The highest BCUT2D eigenvalue weighted by atomic mass is 16.6. The number of hydrogen-bond donors (Lipinski definition) is 1. The molecule has 9 nitrogen and oxygen atoms in total. The summed E-state index contributed by atoms with van der Waals surface area (Å²) < 4.78 is 7.52. The Hall–Kier alpha value is -3.72. The molecule has 0 spiro atoms. The van der Waals surface area contributed by atoms with Crippen LogP contribution in [0.25, 0.3) is 0 Å². The summed E-state index contributed by atoms with van der Waals surface area (Å²) in [6, 6.07) is 14.5. The monoisotopic (exact) mass is 465 g/mol. The summed E-state index contributed by atoms with van der Waals surface area (Å²) in [5.41, 5.74) is 2.93. The first-order valence-electron chi connectivity index (χ1n) is 11.4. The van der Waals surface area contributed by atoms with Gasteiger partial charge in [-0.25, -0.2) is 0 Å². The summed E-state index contributed by atoms with van der Waals surface area (Å²) >= 11 is 0. The van der Waals surface area contributed by atoms with Crippen molar-refractivity contribution in [2.45, 2.75) is 34.2 Å². The van der Waals surface area contributed by atoms with Gasteiger partial charge < -0.3 is 15.0 Å². The molecule has 0 atom stereocenters. The fourth-order valence-electron chi connectivity index (χ4n) is 3.75. The number of nitrogens with zero attached hydrogens (tertiary/aromatic N) is 4. The van der Waals surface area contributed by atoms with Gasteiger partial charge in [0, 0.05) is 12.1 Å². The summed E-state index contributed by atoms with van der Waals surface area (Å²) in [5, 5.41) is 18.4. The van der Waals surface area contributed by atoms with Crippen LogP contribution in [0.5, 0.6) is 5.75 Å². The predicted molar refractivity (Wildman–Crippen MR) is 132 cm³/mol. The molecule has 0 saturated heterocycles. The van der Waals surface area contributed by atoms with E-state index in [1.165, 1.54) is 0 Å². The van der Waals surface area contributed by atoms with Gasteiger partial charge in [-0.1, -0.05) is 38.1 Å². The van der Waals surface area contributed by atoms with Crippen LogP contribution in [0.2, 0.25) is 0 Å². The minimum absolute atomic E-state index is 0.0361. The Morgan fingerprint density at radius 1 is 1.12 bits per heavy atom. The lowest BCUT2D eigenvalue weighted by molar-refractivity contribution is -0.386. The molecule has 0 aliphatic carbocycles. The van der Waals surface area contributed by atoms with E-state index in [4.69, 9.17) is 4.74 Å². The zero-order chi connectivity index (χ0) is 24.7. The second-order valence-corrected chi connectivity index (χ2v) is 7.96. The summed E-state index contributed by atoms with van der Waals surface area (Å²) in [6.45, 7) is 11.2. The van der Waals surface area contributed by atoms with Crippen molar-refractivity contribution in [1.82, 2.24) is 14.7 Å². The quantitative estimate of drug-likeness (QED) is 0.332. The average Bonchev–Trinajstić information content (AvgIpc) is 3.10. The number of ether oxygens (including phenoxy) is 1. The number of carbonyl (C=O) groups excluding carboxylic acids is 1. The summed E-state index contributed by atoms with van der Waals surface area (Å²) in [6.07, 6.45) is 0. The SMILES string of the molecule is CCN(CC)CCOc1ccccc1NC(=O)c1ccc(Cn2nc(C)c([N+](=O)[O-])c2C)cc1. The maximum atomic E-state index is 12.8. The predicted octanol–water partition coefficient (Wildman–Crippen LogP) is 4.43. The molecule has 1 amide bonds. The molecule has 180 valence electrons. The molecule has 0 aliphatic rings. The molecule has 0 aliphatic heterocycles. The van der Waals surface area contributed by atoms with E-state index in [0.717, 1.165) is 25.2 Å². The number of rotatable bonds is 11. The largest absolute Gasteiger partial charge is 0.490 e. The fourth-order valence-corrected chi connectivity index (χ4v) is 3.75. The maximum Gasteiger partial charge on any atom is 0.312 e. The van der Waals surface area contributed by atoms with Crippen LogP contribution < -0.4 is 10.1 Å². The number of para-hydroxylation sites is 2. The minimum atomic E-state index is -0.410. The van der Waals surface area contributed by atoms with Crippen molar-refractivity contribution in [1.29, 1.82) is 0 Å². The van der Waals surface area contributed by atoms with E-state index in [1.54, 1.807) is 30.7 Å². The first-order valence-corrected chi connectivity index (χ1v) is 11.4. The number of carbonyl (C=O) groups is 1. The second-order valence-electron chi connectivity index (χ2n) is 7.96. The van der Waals surface area contributed by atoms with E-state index in [9.17, 15) is 14.9 Å². The van der Waals surface area contributed by atoms with Gasteiger partial charge in [0.1, 0.15) is 23.7 Å². The van der Waals surface area contributed by atoms with Gasteiger partial charge >= 0.3 is 5.69 Å². The number of nitrogens with one attached hydrogen (secondary N) is 1. The normalized spacial score (nSPS) is 11.0. The Balaban J connectivity index is 1.65. The number of anilines is 1. The van der Waals surface area contributed by atoms with Crippen LogP contribution in [0.1, 0.15) is 41.2 Å². The lowest BCUT2D eigenvalue weighted by atomic mass is 10.1. The Labute approximate surface area is 199 Å². The number of hydrogen-bond acceptors (Lipinski definition) is 6. The van der Waals surface area contributed by atoms with Crippen molar-refractivity contribution in [2.24, 2.45) is 0 Å². The molecule has 3 rings (SSSR count). The van der Waals surface area contributed by atoms with Crippen molar-refractivity contribution in [2.75, 3.05) is 31.6 Å². The summed E-state index contributed by atoms with van der Waals surface area (Å²) in [4.78, 5) is 25.9. The lowest BCUT2D eigenvalue weighted by Gasteiger charge is -2.19. The standard InChI is InChI=1S/C25H31N5O4/c1-5-28(6-2)15-16-34-23-10-8-7-9-22(23)26-25(31)21-13-11-20(12-14-21)17-29-19(4)24(30(32)33)18(3)27-29/h7-14H,5-6,15-17H2,1-4H3,(H,26,31). The number of benzene rings is 2. The van der Waals surface area contributed by atoms with Crippen LogP contribution in [-0.4, -0.2) is 51.8 Å². The van der Waals surface area contributed by atoms with Crippen LogP contribution >= 0.6 is 0 Å². The number of nitro groups is 1. The van der Waals surface area contributed by atoms with Gasteiger partial charge in [0.2, 0.25) is 0 Å². The van der Waals surface area contributed by atoms with Crippen molar-refractivity contribution < 1.29 is 14.5 Å². The second kappa shape index (κ2) is 11.4. The van der Waals surface area contributed by atoms with Gasteiger partial charge in [0.25, 0.3) is 5.91 Å². The van der Waals surface area contributed by atoms with Crippen molar-refractivity contribution in [3.63, 3.8) is 0 Å². The number of likely N-dealkylation sites (N-methyl/N-ethyl adjacent to an activating group) is 1. The third-order valence-corrected chi connectivity index (χ3v) is 5.77. The Morgan fingerprint density at radius 3 is 2.41 bits per heavy atom. The van der Waals surface area contributed by atoms with Crippen LogP contribution in [0, 0.1) is 24.0 Å². The average molecular weight is 466 g/mol. The highest BCUT2D eigenvalue weighted by Gasteiger charge is 2.21. The van der Waals surface area contributed by atoms with E-state index >= 15 is 0 Å². The van der Waals surface area contributed by atoms with Gasteiger partial charge in [0.05, 0.1) is 17.2 Å². The molecule has 1 heterocycles. The molecule has 1 N–H and O–H groups in total. The van der Waals surface area contributed by atoms with Gasteiger partial charge in [-0.3, -0.25) is 19.6 Å². The molecule has 0 unspecified atom stereocenters. The van der Waals surface area contributed by atoms with Gasteiger partial charge in [-0.15, -0.1) is 0 Å². The van der Waals surface area contributed by atoms with Gasteiger partial charge in [-0.2, -0.15) is 5.10 Å². The number of aryl methyl sites for hydroxylation is 1. The van der Waals surface area contributed by atoms with E-state index in [2.05, 4.69) is 29.2 Å². The van der Waals surface area contributed by atoms with Crippen molar-refractivity contribution >= 4 is 17.3 Å². The zero-order valence-electron chi connectivity index (χ0n) is 20.1. The Bertz CT molecular complexity index is 1140. The Kier molecular flexibility index (Phi) is 8.37. The lowest BCUT2D eigenvalue weighted by Crippen LogP contribution is -2.28. The van der Waals surface area contributed by atoms with Gasteiger partial charge in [-0.05, 0) is 56.8 Å². The fraction of sp³-hybridized carbons (Fsp3) is 0.360. The molecule has 2 aromatic carbocycles. The third kappa shape index (κ3) is 5.99. The number of amides is 1. The highest BCUT2D eigenvalue weighted by molar-refractivity contribution is 6.05. The van der Waals surface area contributed by atoms with Crippen LogP contribution in [0.4, 0.5) is 11.4 Å². The molecule has 9 heteroatoms. The van der Waals surface area contributed by atoms with Crippen molar-refractivity contribution in [3.8, 4) is 5.75 Å². The molecular formula is C25H31N5O4. The van der Waals surface area contributed by atoms with E-state index in [-0.39, 0.29) is 11.6 Å². The molecule has 0 saturated carbocycles. The molecular weight excluding hydrogens is 434 g/mol. The third-order valence-electron chi connectivity index (χ3n) is 5.77. The van der Waals surface area contributed by atoms with E-state index in [0.29, 0.717) is 41.5 Å². The Morgan fingerprint density at radius 2 is 1.79 bits per heavy atom. The first-order chi connectivity index (χ1) is 16.3. The van der Waals surface area contributed by atoms with E-state index < -0.39 is 4.92 Å².